The minimum absolute atomic E-state index is 0.0605. The standard InChI is InChI=1S/C15H17ClN4O2/c1-20-15(12-8-17-7-6-13(12)19-20)18-14(21)9-22-11-4-2-10(16)3-5-11/h2-5,17H,6-9H2,1H3,(H,18,21). The van der Waals surface area contributed by atoms with Crippen molar-refractivity contribution in [2.75, 3.05) is 18.5 Å². The van der Waals surface area contributed by atoms with E-state index in [1.807, 2.05) is 7.05 Å². The monoisotopic (exact) mass is 320 g/mol. The van der Waals surface area contributed by atoms with Gasteiger partial charge < -0.3 is 15.4 Å². The van der Waals surface area contributed by atoms with E-state index in [1.54, 1.807) is 28.9 Å². The molecular weight excluding hydrogens is 304 g/mol. The predicted octanol–water partition coefficient (Wildman–Crippen LogP) is 1.74. The van der Waals surface area contributed by atoms with Crippen LogP contribution in [0.3, 0.4) is 0 Å². The van der Waals surface area contributed by atoms with Gasteiger partial charge >= 0.3 is 0 Å². The fourth-order valence-electron chi connectivity index (χ4n) is 2.43. The van der Waals surface area contributed by atoms with Gasteiger partial charge in [0, 0.05) is 37.1 Å². The molecule has 0 unspecified atom stereocenters. The van der Waals surface area contributed by atoms with E-state index in [4.69, 9.17) is 16.3 Å². The number of fused-ring (bicyclic) bond motifs is 1. The second kappa shape index (κ2) is 6.37. The van der Waals surface area contributed by atoms with Crippen LogP contribution in [0.2, 0.25) is 5.02 Å². The second-order valence-electron chi connectivity index (χ2n) is 5.12. The first kappa shape index (κ1) is 14.9. The molecular formula is C15H17ClN4O2. The smallest absolute Gasteiger partial charge is 0.263 e. The summed E-state index contributed by atoms with van der Waals surface area (Å²) < 4.78 is 7.15. The number of carbonyl (C=O) groups excluding carboxylic acids is 1. The number of benzene rings is 1. The van der Waals surface area contributed by atoms with Crippen molar-refractivity contribution < 1.29 is 9.53 Å². The van der Waals surface area contributed by atoms with E-state index in [1.165, 1.54) is 0 Å². The normalized spacial score (nSPS) is 13.5. The highest BCUT2D eigenvalue weighted by molar-refractivity contribution is 6.30. The van der Waals surface area contributed by atoms with Crippen LogP contribution in [-0.2, 0) is 24.8 Å². The highest BCUT2D eigenvalue weighted by Crippen LogP contribution is 2.22. The molecule has 0 saturated heterocycles. The maximum atomic E-state index is 12.1. The maximum Gasteiger partial charge on any atom is 0.263 e. The summed E-state index contributed by atoms with van der Waals surface area (Å²) in [6.45, 7) is 1.57. The van der Waals surface area contributed by atoms with Crippen LogP contribution in [0.15, 0.2) is 24.3 Å². The van der Waals surface area contributed by atoms with Crippen molar-refractivity contribution in [3.05, 3.63) is 40.5 Å². The molecule has 2 N–H and O–H groups in total. The van der Waals surface area contributed by atoms with Gasteiger partial charge in [-0.05, 0) is 24.3 Å². The summed E-state index contributed by atoms with van der Waals surface area (Å²) in [6, 6.07) is 6.90. The van der Waals surface area contributed by atoms with Crippen LogP contribution in [0, 0.1) is 0 Å². The number of halogens is 1. The average Bonchev–Trinajstić information content (AvgIpc) is 2.83. The number of aryl methyl sites for hydroxylation is 1. The molecule has 1 amide bonds. The van der Waals surface area contributed by atoms with E-state index in [2.05, 4.69) is 15.7 Å². The van der Waals surface area contributed by atoms with Crippen molar-refractivity contribution >= 4 is 23.3 Å². The van der Waals surface area contributed by atoms with Crippen molar-refractivity contribution in [2.24, 2.45) is 7.05 Å². The van der Waals surface area contributed by atoms with Crippen molar-refractivity contribution in [1.82, 2.24) is 15.1 Å². The van der Waals surface area contributed by atoms with Crippen molar-refractivity contribution in [1.29, 1.82) is 0 Å². The lowest BCUT2D eigenvalue weighted by atomic mass is 10.1. The fourth-order valence-corrected chi connectivity index (χ4v) is 2.56. The first-order valence-corrected chi connectivity index (χ1v) is 7.45. The van der Waals surface area contributed by atoms with Gasteiger partial charge in [0.15, 0.2) is 6.61 Å². The molecule has 0 spiro atoms. The molecule has 0 saturated carbocycles. The first-order chi connectivity index (χ1) is 10.6. The number of nitrogens with zero attached hydrogens (tertiary/aromatic N) is 2. The van der Waals surface area contributed by atoms with E-state index in [-0.39, 0.29) is 12.5 Å². The molecule has 3 rings (SSSR count). The van der Waals surface area contributed by atoms with Gasteiger partial charge in [0.1, 0.15) is 11.6 Å². The van der Waals surface area contributed by atoms with Gasteiger partial charge in [-0.2, -0.15) is 5.10 Å². The van der Waals surface area contributed by atoms with Gasteiger partial charge in [-0.1, -0.05) is 11.6 Å². The molecule has 0 atom stereocenters. The Balaban J connectivity index is 1.62. The van der Waals surface area contributed by atoms with Crippen LogP contribution >= 0.6 is 11.6 Å². The lowest BCUT2D eigenvalue weighted by molar-refractivity contribution is -0.118. The summed E-state index contributed by atoms with van der Waals surface area (Å²) in [5.74, 6) is 1.12. The SMILES string of the molecule is Cn1nc2c(c1NC(=O)COc1ccc(Cl)cc1)CNCC2. The van der Waals surface area contributed by atoms with E-state index in [9.17, 15) is 4.79 Å². The van der Waals surface area contributed by atoms with Crippen LogP contribution < -0.4 is 15.4 Å². The Bertz CT molecular complexity index is 682. The molecule has 1 aromatic carbocycles. The summed E-state index contributed by atoms with van der Waals surface area (Å²) >= 11 is 5.80. The third-order valence-electron chi connectivity index (χ3n) is 3.51. The number of aromatic nitrogens is 2. The van der Waals surface area contributed by atoms with E-state index >= 15 is 0 Å². The van der Waals surface area contributed by atoms with Gasteiger partial charge in [0.2, 0.25) is 0 Å². The molecule has 0 fully saturated rings. The molecule has 0 radical (unpaired) electrons. The largest absolute Gasteiger partial charge is 0.484 e. The molecule has 116 valence electrons. The minimum atomic E-state index is -0.216. The molecule has 22 heavy (non-hydrogen) atoms. The summed E-state index contributed by atoms with van der Waals surface area (Å²) in [4.78, 5) is 12.1. The number of anilines is 1. The number of hydrogen-bond donors (Lipinski definition) is 2. The minimum Gasteiger partial charge on any atom is -0.484 e. The summed E-state index contributed by atoms with van der Waals surface area (Å²) in [5, 5.41) is 11.2. The molecule has 2 aromatic rings. The maximum absolute atomic E-state index is 12.1. The van der Waals surface area contributed by atoms with Crippen LogP contribution in [0.25, 0.3) is 0 Å². The lowest BCUT2D eigenvalue weighted by Crippen LogP contribution is -2.26. The zero-order valence-corrected chi connectivity index (χ0v) is 13.0. The van der Waals surface area contributed by atoms with Crippen LogP contribution in [0.4, 0.5) is 5.82 Å². The second-order valence-corrected chi connectivity index (χ2v) is 5.55. The number of amides is 1. The predicted molar refractivity (Wildman–Crippen MR) is 84.2 cm³/mol. The molecule has 7 heteroatoms. The summed E-state index contributed by atoms with van der Waals surface area (Å²) in [6.07, 6.45) is 0.875. The van der Waals surface area contributed by atoms with E-state index in [0.717, 1.165) is 36.6 Å². The quantitative estimate of drug-likeness (QED) is 0.900. The Hall–Kier alpha value is -2.05. The number of nitrogens with one attached hydrogen (secondary N) is 2. The number of ether oxygens (including phenoxy) is 1. The van der Waals surface area contributed by atoms with Gasteiger partial charge in [0.25, 0.3) is 5.91 Å². The number of rotatable bonds is 4. The molecule has 1 aliphatic heterocycles. The summed E-state index contributed by atoms with van der Waals surface area (Å²) in [7, 11) is 1.83. The molecule has 0 bridgehead atoms. The Morgan fingerprint density at radius 3 is 3.00 bits per heavy atom. The fraction of sp³-hybridized carbons (Fsp3) is 0.333. The van der Waals surface area contributed by atoms with Crippen molar-refractivity contribution in [2.45, 2.75) is 13.0 Å². The van der Waals surface area contributed by atoms with Gasteiger partial charge in [-0.25, -0.2) is 0 Å². The molecule has 6 nitrogen and oxygen atoms in total. The van der Waals surface area contributed by atoms with E-state index < -0.39 is 0 Å². The van der Waals surface area contributed by atoms with Crippen molar-refractivity contribution in [3.63, 3.8) is 0 Å². The van der Waals surface area contributed by atoms with Crippen LogP contribution in [-0.4, -0.2) is 28.8 Å². The van der Waals surface area contributed by atoms with E-state index in [0.29, 0.717) is 10.8 Å². The number of carbonyl (C=O) groups is 1. The molecule has 1 aromatic heterocycles. The lowest BCUT2D eigenvalue weighted by Gasteiger charge is -2.13. The zero-order valence-electron chi connectivity index (χ0n) is 12.2. The first-order valence-electron chi connectivity index (χ1n) is 7.07. The van der Waals surface area contributed by atoms with Gasteiger partial charge in [-0.3, -0.25) is 9.48 Å². The molecule has 0 aliphatic carbocycles. The third-order valence-corrected chi connectivity index (χ3v) is 3.76. The topological polar surface area (TPSA) is 68.2 Å². The Morgan fingerprint density at radius 1 is 1.45 bits per heavy atom. The Kier molecular flexibility index (Phi) is 4.31. The summed E-state index contributed by atoms with van der Waals surface area (Å²) in [5.41, 5.74) is 2.09. The highest BCUT2D eigenvalue weighted by Gasteiger charge is 2.20. The Morgan fingerprint density at radius 2 is 2.23 bits per heavy atom. The molecule has 2 heterocycles. The average molecular weight is 321 g/mol. The van der Waals surface area contributed by atoms with Crippen LogP contribution in [0.5, 0.6) is 5.75 Å². The highest BCUT2D eigenvalue weighted by atomic mass is 35.5. The van der Waals surface area contributed by atoms with Gasteiger partial charge in [0.05, 0.1) is 5.69 Å². The molecule has 1 aliphatic rings. The third kappa shape index (κ3) is 3.23. The number of hydrogen-bond acceptors (Lipinski definition) is 4. The van der Waals surface area contributed by atoms with Crippen LogP contribution in [0.1, 0.15) is 11.3 Å². The zero-order chi connectivity index (χ0) is 15.5. The van der Waals surface area contributed by atoms with Crippen molar-refractivity contribution in [3.8, 4) is 5.75 Å². The Labute approximate surface area is 133 Å². The van der Waals surface area contributed by atoms with Gasteiger partial charge in [-0.15, -0.1) is 0 Å².